The molecule has 1 unspecified atom stereocenters. The summed E-state index contributed by atoms with van der Waals surface area (Å²) < 4.78 is -0.229. The summed E-state index contributed by atoms with van der Waals surface area (Å²) in [7, 11) is 0. The zero-order valence-electron chi connectivity index (χ0n) is 12.8. The number of carbonyl (C=O) groups excluding carboxylic acids is 1. The lowest BCUT2D eigenvalue weighted by atomic mass is 9.80. The second-order valence-electron chi connectivity index (χ2n) is 5.93. The van der Waals surface area contributed by atoms with Crippen molar-refractivity contribution in [2.45, 2.75) is 36.4 Å². The maximum absolute atomic E-state index is 13.1. The molecule has 0 spiro atoms. The molecule has 2 aliphatic rings. The van der Waals surface area contributed by atoms with E-state index in [9.17, 15) is 14.9 Å². The van der Waals surface area contributed by atoms with Gasteiger partial charge >= 0.3 is 0 Å². The van der Waals surface area contributed by atoms with Crippen molar-refractivity contribution in [2.24, 2.45) is 0 Å². The molecule has 1 atom stereocenters. The van der Waals surface area contributed by atoms with Gasteiger partial charge in [-0.15, -0.1) is 11.8 Å². The normalized spacial score (nSPS) is 26.8. The van der Waals surface area contributed by atoms with E-state index in [1.54, 1.807) is 17.8 Å². The van der Waals surface area contributed by atoms with Gasteiger partial charge in [-0.3, -0.25) is 14.9 Å². The SMILES string of the molecule is O=C1C(=C2CC=CS2)CCCC1(Br)Cc1cccc([N+](=O)[O-])c1Br. The number of hydrogen-bond acceptors (Lipinski definition) is 4. The highest BCUT2D eigenvalue weighted by atomic mass is 79.9. The van der Waals surface area contributed by atoms with E-state index in [1.165, 1.54) is 6.07 Å². The molecule has 126 valence electrons. The Kier molecular flexibility index (Phi) is 5.32. The number of alkyl halides is 1. The fourth-order valence-corrected chi connectivity index (χ4v) is 5.41. The molecular weight excluding hydrogens is 458 g/mol. The second-order valence-corrected chi connectivity index (χ2v) is 9.24. The molecule has 7 heteroatoms. The third kappa shape index (κ3) is 3.39. The van der Waals surface area contributed by atoms with Crippen LogP contribution in [-0.2, 0) is 11.2 Å². The molecule has 0 bridgehead atoms. The van der Waals surface area contributed by atoms with Crippen molar-refractivity contribution < 1.29 is 9.72 Å². The van der Waals surface area contributed by atoms with Crippen molar-refractivity contribution in [3.05, 3.63) is 60.3 Å². The molecule has 0 N–H and O–H groups in total. The minimum Gasteiger partial charge on any atom is -0.293 e. The molecular formula is C17H15Br2NO3S. The number of Topliss-reactive ketones (excluding diaryl/α,β-unsaturated/α-hetero) is 1. The standard InChI is InChI=1S/C17H15Br2NO3S/c18-15-11(4-1-6-13(15)20(22)23)10-17(19)8-2-5-12(16(17)21)14-7-3-9-24-14/h1,3-4,6,9H,2,5,7-8,10H2. The Hall–Kier alpha value is -0.920. The number of ketones is 1. The van der Waals surface area contributed by atoms with Crippen LogP contribution < -0.4 is 0 Å². The summed E-state index contributed by atoms with van der Waals surface area (Å²) >= 11 is 8.64. The molecule has 3 rings (SSSR count). The number of nitro benzene ring substituents is 1. The van der Waals surface area contributed by atoms with Gasteiger partial charge in [0.05, 0.1) is 13.7 Å². The molecule has 1 aromatic rings. The first-order chi connectivity index (χ1) is 11.4. The van der Waals surface area contributed by atoms with Crippen LogP contribution in [0.3, 0.4) is 0 Å². The highest BCUT2D eigenvalue weighted by Gasteiger charge is 2.42. The van der Waals surface area contributed by atoms with Gasteiger partial charge in [0, 0.05) is 11.6 Å². The van der Waals surface area contributed by atoms with Crippen LogP contribution in [0.5, 0.6) is 0 Å². The third-order valence-corrected chi connectivity index (χ3v) is 7.33. The lowest BCUT2D eigenvalue weighted by Gasteiger charge is -2.32. The summed E-state index contributed by atoms with van der Waals surface area (Å²) in [6.07, 6.45) is 5.81. The Morgan fingerprint density at radius 3 is 2.83 bits per heavy atom. The van der Waals surface area contributed by atoms with E-state index in [0.29, 0.717) is 10.9 Å². The number of allylic oxidation sites excluding steroid dienone is 3. The van der Waals surface area contributed by atoms with Crippen molar-refractivity contribution in [2.75, 3.05) is 0 Å². The van der Waals surface area contributed by atoms with E-state index in [1.807, 2.05) is 11.5 Å². The lowest BCUT2D eigenvalue weighted by molar-refractivity contribution is -0.385. The Morgan fingerprint density at radius 1 is 1.38 bits per heavy atom. The maximum Gasteiger partial charge on any atom is 0.283 e. The molecule has 1 aliphatic carbocycles. The molecule has 1 fully saturated rings. The smallest absolute Gasteiger partial charge is 0.283 e. The Balaban J connectivity index is 1.91. The van der Waals surface area contributed by atoms with E-state index in [2.05, 4.69) is 37.9 Å². The summed E-state index contributed by atoms with van der Waals surface area (Å²) in [5.74, 6) is 0.123. The summed E-state index contributed by atoms with van der Waals surface area (Å²) in [6, 6.07) is 4.96. The number of rotatable bonds is 3. The quantitative estimate of drug-likeness (QED) is 0.245. The first-order valence-corrected chi connectivity index (χ1v) is 10.1. The number of nitrogens with zero attached hydrogens (tertiary/aromatic N) is 1. The number of hydrogen-bond donors (Lipinski definition) is 0. The Labute approximate surface area is 161 Å². The van der Waals surface area contributed by atoms with Gasteiger partial charge in [0.25, 0.3) is 5.69 Å². The molecule has 24 heavy (non-hydrogen) atoms. The van der Waals surface area contributed by atoms with Gasteiger partial charge in [-0.05, 0) is 63.9 Å². The van der Waals surface area contributed by atoms with Gasteiger partial charge < -0.3 is 0 Å². The predicted octanol–water partition coefficient (Wildman–Crippen LogP) is 5.69. The van der Waals surface area contributed by atoms with Crippen LogP contribution in [0, 0.1) is 10.1 Å². The number of carbonyl (C=O) groups is 1. The number of thioether (sulfide) groups is 1. The van der Waals surface area contributed by atoms with Crippen LogP contribution in [0.4, 0.5) is 5.69 Å². The van der Waals surface area contributed by atoms with Crippen LogP contribution in [0.25, 0.3) is 0 Å². The van der Waals surface area contributed by atoms with Crippen molar-refractivity contribution in [3.8, 4) is 0 Å². The molecule has 1 heterocycles. The predicted molar refractivity (Wildman–Crippen MR) is 103 cm³/mol. The first kappa shape index (κ1) is 17.9. The van der Waals surface area contributed by atoms with Gasteiger partial charge in [0.15, 0.2) is 5.78 Å². The Bertz CT molecular complexity index is 765. The molecule has 0 saturated heterocycles. The fourth-order valence-electron chi connectivity index (χ4n) is 3.15. The molecule has 1 aliphatic heterocycles. The molecule has 4 nitrogen and oxygen atoms in total. The van der Waals surface area contributed by atoms with Crippen molar-refractivity contribution in [3.63, 3.8) is 0 Å². The van der Waals surface area contributed by atoms with Gasteiger partial charge in [-0.25, -0.2) is 0 Å². The zero-order chi connectivity index (χ0) is 17.3. The highest BCUT2D eigenvalue weighted by Crippen LogP contribution is 2.44. The largest absolute Gasteiger partial charge is 0.293 e. The summed E-state index contributed by atoms with van der Waals surface area (Å²) in [4.78, 5) is 24.9. The molecule has 0 aromatic heterocycles. The van der Waals surface area contributed by atoms with E-state index >= 15 is 0 Å². The van der Waals surface area contributed by atoms with E-state index in [-0.39, 0.29) is 11.5 Å². The van der Waals surface area contributed by atoms with Crippen LogP contribution >= 0.6 is 43.6 Å². The average Bonchev–Trinajstić information content (AvgIpc) is 3.06. The van der Waals surface area contributed by atoms with Crippen molar-refractivity contribution >= 4 is 55.1 Å². The number of benzene rings is 1. The Morgan fingerprint density at radius 2 is 2.17 bits per heavy atom. The monoisotopic (exact) mass is 471 g/mol. The van der Waals surface area contributed by atoms with E-state index < -0.39 is 9.25 Å². The van der Waals surface area contributed by atoms with Crippen LogP contribution in [0.15, 0.2) is 44.6 Å². The van der Waals surface area contributed by atoms with E-state index in [4.69, 9.17) is 0 Å². The van der Waals surface area contributed by atoms with Gasteiger partial charge in [-0.1, -0.05) is 34.1 Å². The van der Waals surface area contributed by atoms with Crippen LogP contribution in [-0.4, -0.2) is 15.0 Å². The second kappa shape index (κ2) is 7.14. The van der Waals surface area contributed by atoms with E-state index in [0.717, 1.165) is 41.7 Å². The number of nitro groups is 1. The highest BCUT2D eigenvalue weighted by molar-refractivity contribution is 9.10. The lowest BCUT2D eigenvalue weighted by Crippen LogP contribution is -2.39. The molecule has 0 amide bonds. The fraction of sp³-hybridized carbons (Fsp3) is 0.353. The summed E-state index contributed by atoms with van der Waals surface area (Å²) in [6.45, 7) is 0. The molecule has 0 radical (unpaired) electrons. The average molecular weight is 473 g/mol. The number of halogens is 2. The summed E-state index contributed by atoms with van der Waals surface area (Å²) in [5.41, 5.74) is 1.72. The van der Waals surface area contributed by atoms with Gasteiger partial charge in [-0.2, -0.15) is 0 Å². The third-order valence-electron chi connectivity index (χ3n) is 4.35. The molecule has 1 aromatic carbocycles. The topological polar surface area (TPSA) is 60.2 Å². The minimum absolute atomic E-state index is 0.0287. The van der Waals surface area contributed by atoms with Crippen molar-refractivity contribution in [1.29, 1.82) is 0 Å². The van der Waals surface area contributed by atoms with Crippen LogP contribution in [0.1, 0.15) is 31.2 Å². The maximum atomic E-state index is 13.1. The first-order valence-electron chi connectivity index (χ1n) is 7.61. The molecule has 1 saturated carbocycles. The summed E-state index contributed by atoms with van der Waals surface area (Å²) in [5, 5.41) is 13.1. The van der Waals surface area contributed by atoms with Crippen molar-refractivity contribution in [1.82, 2.24) is 0 Å². The van der Waals surface area contributed by atoms with Gasteiger partial charge in [0.1, 0.15) is 0 Å². The van der Waals surface area contributed by atoms with Crippen LogP contribution in [0.2, 0.25) is 0 Å². The minimum atomic E-state index is -0.686. The zero-order valence-corrected chi connectivity index (χ0v) is 16.7. The van der Waals surface area contributed by atoms with Gasteiger partial charge in [0.2, 0.25) is 0 Å².